The van der Waals surface area contributed by atoms with Crippen molar-refractivity contribution in [2.24, 2.45) is 0 Å². The highest BCUT2D eigenvalue weighted by Gasteiger charge is 2.31. The third-order valence-electron chi connectivity index (χ3n) is 4.63. The Balaban J connectivity index is 1.87. The van der Waals surface area contributed by atoms with Crippen molar-refractivity contribution >= 4 is 17.7 Å². The molecule has 3 aromatic rings. The number of amides is 1. The van der Waals surface area contributed by atoms with Crippen LogP contribution in [-0.4, -0.2) is 13.0 Å². The number of benzene rings is 3. The first-order valence-electron chi connectivity index (χ1n) is 8.58. The summed E-state index contributed by atoms with van der Waals surface area (Å²) in [6.07, 6.45) is 4.13. The minimum atomic E-state index is -0.228. The molecule has 1 atom stereocenters. The van der Waals surface area contributed by atoms with Gasteiger partial charge in [0.05, 0.1) is 18.8 Å². The fourth-order valence-corrected chi connectivity index (χ4v) is 3.39. The lowest BCUT2D eigenvalue weighted by atomic mass is 9.95. The van der Waals surface area contributed by atoms with E-state index < -0.39 is 0 Å². The predicted octanol–water partition coefficient (Wildman–Crippen LogP) is 5.11. The number of methoxy groups -OCH3 is 1. The molecule has 0 fully saturated rings. The molecular formula is C23H19NO2. The van der Waals surface area contributed by atoms with E-state index >= 15 is 0 Å². The van der Waals surface area contributed by atoms with Crippen molar-refractivity contribution in [3.05, 3.63) is 102 Å². The van der Waals surface area contributed by atoms with Crippen LogP contribution in [0, 0.1) is 0 Å². The number of hydrogen-bond acceptors (Lipinski definition) is 2. The fourth-order valence-electron chi connectivity index (χ4n) is 3.39. The van der Waals surface area contributed by atoms with E-state index in [0.29, 0.717) is 5.56 Å². The number of para-hydroxylation sites is 2. The van der Waals surface area contributed by atoms with Crippen LogP contribution < -0.4 is 9.64 Å². The monoisotopic (exact) mass is 341 g/mol. The van der Waals surface area contributed by atoms with Gasteiger partial charge in [-0.25, -0.2) is 0 Å². The molecule has 0 aromatic heterocycles. The molecule has 128 valence electrons. The Bertz CT molecular complexity index is 963. The zero-order valence-electron chi connectivity index (χ0n) is 14.5. The van der Waals surface area contributed by atoms with E-state index in [0.717, 1.165) is 22.6 Å². The van der Waals surface area contributed by atoms with E-state index in [1.807, 2.05) is 83.8 Å². The quantitative estimate of drug-likeness (QED) is 0.662. The Kier molecular flexibility index (Phi) is 4.28. The lowest BCUT2D eigenvalue weighted by Gasteiger charge is -2.35. The second-order valence-electron chi connectivity index (χ2n) is 6.15. The average molecular weight is 341 g/mol. The third kappa shape index (κ3) is 2.78. The summed E-state index contributed by atoms with van der Waals surface area (Å²) in [6, 6.07) is 25.0. The standard InChI is InChI=1S/C23H19NO2/c1-26-22-14-8-6-12-19(22)21-16-15-17-9-5-7-13-20(17)24(21)23(25)18-10-3-2-4-11-18/h2-16,21H,1H3/t21-/m0/s1. The fraction of sp³-hybridized carbons (Fsp3) is 0.0870. The van der Waals surface area contributed by atoms with Crippen LogP contribution in [0.4, 0.5) is 5.69 Å². The van der Waals surface area contributed by atoms with Gasteiger partial charge >= 0.3 is 0 Å². The summed E-state index contributed by atoms with van der Waals surface area (Å²) in [4.78, 5) is 15.2. The molecule has 0 N–H and O–H groups in total. The van der Waals surface area contributed by atoms with E-state index in [1.54, 1.807) is 7.11 Å². The molecule has 4 rings (SSSR count). The summed E-state index contributed by atoms with van der Waals surface area (Å²) in [7, 11) is 1.66. The molecule has 3 heteroatoms. The minimum absolute atomic E-state index is 0.0293. The summed E-state index contributed by atoms with van der Waals surface area (Å²) >= 11 is 0. The maximum Gasteiger partial charge on any atom is 0.259 e. The second kappa shape index (κ2) is 6.89. The molecule has 0 unspecified atom stereocenters. The number of fused-ring (bicyclic) bond motifs is 1. The molecule has 3 nitrogen and oxygen atoms in total. The van der Waals surface area contributed by atoms with Gasteiger partial charge in [-0.1, -0.05) is 66.7 Å². The molecule has 0 saturated carbocycles. The van der Waals surface area contributed by atoms with Gasteiger partial charge in [-0.2, -0.15) is 0 Å². The highest BCUT2D eigenvalue weighted by Crippen LogP contribution is 2.40. The minimum Gasteiger partial charge on any atom is -0.496 e. The molecule has 1 heterocycles. The molecule has 0 spiro atoms. The maximum absolute atomic E-state index is 13.4. The molecular weight excluding hydrogens is 322 g/mol. The molecule has 0 bridgehead atoms. The third-order valence-corrected chi connectivity index (χ3v) is 4.63. The van der Waals surface area contributed by atoms with Crippen molar-refractivity contribution in [1.82, 2.24) is 0 Å². The van der Waals surface area contributed by atoms with Gasteiger partial charge in [-0.3, -0.25) is 9.69 Å². The van der Waals surface area contributed by atoms with Crippen molar-refractivity contribution in [1.29, 1.82) is 0 Å². The smallest absolute Gasteiger partial charge is 0.259 e. The molecule has 0 aliphatic carbocycles. The lowest BCUT2D eigenvalue weighted by Crippen LogP contribution is -2.36. The van der Waals surface area contributed by atoms with E-state index in [1.165, 1.54) is 0 Å². The number of carbonyl (C=O) groups excluding carboxylic acids is 1. The van der Waals surface area contributed by atoms with Crippen molar-refractivity contribution in [3.8, 4) is 5.75 Å². The van der Waals surface area contributed by atoms with E-state index in [2.05, 4.69) is 12.2 Å². The van der Waals surface area contributed by atoms with E-state index in [-0.39, 0.29) is 11.9 Å². The van der Waals surface area contributed by atoms with Gasteiger partial charge in [0.1, 0.15) is 5.75 Å². The van der Waals surface area contributed by atoms with Crippen molar-refractivity contribution in [2.45, 2.75) is 6.04 Å². The number of anilines is 1. The highest BCUT2D eigenvalue weighted by molar-refractivity contribution is 6.08. The Morgan fingerprint density at radius 1 is 0.885 bits per heavy atom. The number of rotatable bonds is 3. The normalized spacial score (nSPS) is 15.4. The zero-order chi connectivity index (χ0) is 17.9. The van der Waals surface area contributed by atoms with Crippen LogP contribution in [-0.2, 0) is 0 Å². The van der Waals surface area contributed by atoms with Crippen LogP contribution in [0.15, 0.2) is 84.9 Å². The van der Waals surface area contributed by atoms with Crippen molar-refractivity contribution < 1.29 is 9.53 Å². The average Bonchev–Trinajstić information content (AvgIpc) is 2.73. The van der Waals surface area contributed by atoms with Gasteiger partial charge < -0.3 is 4.74 Å². The van der Waals surface area contributed by atoms with E-state index in [9.17, 15) is 4.79 Å². The van der Waals surface area contributed by atoms with Crippen LogP contribution in [0.3, 0.4) is 0 Å². The predicted molar refractivity (Wildman–Crippen MR) is 104 cm³/mol. The summed E-state index contributed by atoms with van der Waals surface area (Å²) in [6.45, 7) is 0. The summed E-state index contributed by atoms with van der Waals surface area (Å²) < 4.78 is 5.55. The SMILES string of the molecule is COc1ccccc1[C@@H]1C=Cc2ccccc2N1C(=O)c1ccccc1. The van der Waals surface area contributed by atoms with Gasteiger partial charge in [0.25, 0.3) is 5.91 Å². The highest BCUT2D eigenvalue weighted by atomic mass is 16.5. The molecule has 0 radical (unpaired) electrons. The first-order chi connectivity index (χ1) is 12.8. The topological polar surface area (TPSA) is 29.5 Å². The number of ether oxygens (including phenoxy) is 1. The Morgan fingerprint density at radius 2 is 1.58 bits per heavy atom. The molecule has 26 heavy (non-hydrogen) atoms. The molecule has 1 aliphatic heterocycles. The Morgan fingerprint density at radius 3 is 2.38 bits per heavy atom. The molecule has 3 aromatic carbocycles. The Labute approximate surface area is 153 Å². The van der Waals surface area contributed by atoms with Crippen LogP contribution in [0.25, 0.3) is 6.08 Å². The van der Waals surface area contributed by atoms with Crippen LogP contribution >= 0.6 is 0 Å². The first-order valence-corrected chi connectivity index (χ1v) is 8.58. The number of carbonyl (C=O) groups is 1. The van der Waals surface area contributed by atoms with Gasteiger partial charge in [0.2, 0.25) is 0 Å². The first kappa shape index (κ1) is 16.2. The second-order valence-corrected chi connectivity index (χ2v) is 6.15. The lowest BCUT2D eigenvalue weighted by molar-refractivity contribution is 0.0980. The van der Waals surface area contributed by atoms with Crippen molar-refractivity contribution in [2.75, 3.05) is 12.0 Å². The summed E-state index contributed by atoms with van der Waals surface area (Å²) in [5.74, 6) is 0.741. The van der Waals surface area contributed by atoms with Gasteiger partial charge in [0.15, 0.2) is 0 Å². The van der Waals surface area contributed by atoms with Crippen molar-refractivity contribution in [3.63, 3.8) is 0 Å². The largest absolute Gasteiger partial charge is 0.496 e. The zero-order valence-corrected chi connectivity index (χ0v) is 14.5. The van der Waals surface area contributed by atoms with E-state index in [4.69, 9.17) is 4.74 Å². The summed E-state index contributed by atoms with van der Waals surface area (Å²) in [5.41, 5.74) is 3.56. The molecule has 0 saturated heterocycles. The van der Waals surface area contributed by atoms with Crippen LogP contribution in [0.2, 0.25) is 0 Å². The maximum atomic E-state index is 13.4. The Hall–Kier alpha value is -3.33. The molecule has 1 aliphatic rings. The van der Waals surface area contributed by atoms with Gasteiger partial charge in [0, 0.05) is 11.1 Å². The van der Waals surface area contributed by atoms with Gasteiger partial charge in [-0.05, 0) is 29.8 Å². The number of hydrogen-bond donors (Lipinski definition) is 0. The van der Waals surface area contributed by atoms with Crippen LogP contribution in [0.1, 0.15) is 27.5 Å². The van der Waals surface area contributed by atoms with Crippen LogP contribution in [0.5, 0.6) is 5.75 Å². The summed E-state index contributed by atoms with van der Waals surface area (Å²) in [5, 5.41) is 0. The molecule has 1 amide bonds. The number of nitrogens with zero attached hydrogens (tertiary/aromatic N) is 1. The van der Waals surface area contributed by atoms with Gasteiger partial charge in [-0.15, -0.1) is 0 Å².